The summed E-state index contributed by atoms with van der Waals surface area (Å²) >= 11 is 2.27. The highest BCUT2D eigenvalue weighted by atomic mass is 127. The van der Waals surface area contributed by atoms with Crippen LogP contribution in [-0.2, 0) is 6.42 Å². The van der Waals surface area contributed by atoms with E-state index < -0.39 is 0 Å². The number of hydrazine groups is 1. The summed E-state index contributed by atoms with van der Waals surface area (Å²) in [4.78, 5) is 0. The van der Waals surface area contributed by atoms with Gasteiger partial charge in [0.1, 0.15) is 5.82 Å². The summed E-state index contributed by atoms with van der Waals surface area (Å²) in [5, 5.41) is 0. The SMILES string of the molecule is Cc1ccc(F)cc1CC(NN)c1cccc(I)c1. The van der Waals surface area contributed by atoms with Crippen molar-refractivity contribution in [2.24, 2.45) is 5.84 Å². The van der Waals surface area contributed by atoms with Crippen LogP contribution in [0.15, 0.2) is 42.5 Å². The average molecular weight is 370 g/mol. The molecule has 0 fully saturated rings. The summed E-state index contributed by atoms with van der Waals surface area (Å²) in [5.41, 5.74) is 5.97. The van der Waals surface area contributed by atoms with Crippen molar-refractivity contribution in [2.75, 3.05) is 0 Å². The standard InChI is InChI=1S/C15H16FIN2/c1-10-5-6-13(16)7-12(10)9-15(19-18)11-3-2-4-14(17)8-11/h2-8,15,19H,9,18H2,1H3. The van der Waals surface area contributed by atoms with E-state index in [1.807, 2.05) is 25.1 Å². The van der Waals surface area contributed by atoms with Crippen molar-refractivity contribution < 1.29 is 4.39 Å². The number of rotatable bonds is 4. The highest BCUT2D eigenvalue weighted by Gasteiger charge is 2.12. The minimum absolute atomic E-state index is 0.0183. The van der Waals surface area contributed by atoms with Crippen molar-refractivity contribution in [1.82, 2.24) is 5.43 Å². The normalized spacial score (nSPS) is 12.4. The van der Waals surface area contributed by atoms with Gasteiger partial charge in [0, 0.05) is 3.57 Å². The molecule has 2 nitrogen and oxygen atoms in total. The Labute approximate surface area is 126 Å². The zero-order valence-corrected chi connectivity index (χ0v) is 12.8. The second-order valence-corrected chi connectivity index (χ2v) is 5.79. The maximum atomic E-state index is 13.3. The van der Waals surface area contributed by atoms with E-state index in [4.69, 9.17) is 5.84 Å². The molecule has 0 amide bonds. The van der Waals surface area contributed by atoms with Crippen molar-refractivity contribution in [3.8, 4) is 0 Å². The Morgan fingerprint density at radius 3 is 2.74 bits per heavy atom. The third-order valence-electron chi connectivity index (χ3n) is 3.19. The summed E-state index contributed by atoms with van der Waals surface area (Å²) in [6.07, 6.45) is 0.667. The molecule has 19 heavy (non-hydrogen) atoms. The number of nitrogens with one attached hydrogen (secondary N) is 1. The Kier molecular flexibility index (Phi) is 4.90. The van der Waals surface area contributed by atoms with Gasteiger partial charge in [0.15, 0.2) is 0 Å². The van der Waals surface area contributed by atoms with Gasteiger partial charge >= 0.3 is 0 Å². The predicted octanol–water partition coefficient (Wildman–Crippen LogP) is 3.49. The highest BCUT2D eigenvalue weighted by Crippen LogP contribution is 2.22. The van der Waals surface area contributed by atoms with Crippen LogP contribution in [0.5, 0.6) is 0 Å². The van der Waals surface area contributed by atoms with Crippen LogP contribution in [0.2, 0.25) is 0 Å². The molecule has 0 radical (unpaired) electrons. The molecule has 2 aromatic rings. The number of aryl methyl sites for hydroxylation is 1. The van der Waals surface area contributed by atoms with E-state index in [0.717, 1.165) is 20.3 Å². The molecular weight excluding hydrogens is 354 g/mol. The molecule has 0 aliphatic heterocycles. The van der Waals surface area contributed by atoms with Crippen LogP contribution in [0.1, 0.15) is 22.7 Å². The van der Waals surface area contributed by atoms with E-state index in [1.165, 1.54) is 6.07 Å². The van der Waals surface area contributed by atoms with Gasteiger partial charge in [-0.15, -0.1) is 0 Å². The van der Waals surface area contributed by atoms with Gasteiger partial charge in [-0.2, -0.15) is 0 Å². The predicted molar refractivity (Wildman–Crippen MR) is 84.1 cm³/mol. The highest BCUT2D eigenvalue weighted by molar-refractivity contribution is 14.1. The minimum Gasteiger partial charge on any atom is -0.271 e. The molecule has 1 atom stereocenters. The smallest absolute Gasteiger partial charge is 0.123 e. The Balaban J connectivity index is 2.26. The van der Waals surface area contributed by atoms with E-state index in [9.17, 15) is 4.39 Å². The Morgan fingerprint density at radius 1 is 1.26 bits per heavy atom. The van der Waals surface area contributed by atoms with Gasteiger partial charge in [0.2, 0.25) is 0 Å². The lowest BCUT2D eigenvalue weighted by molar-refractivity contribution is 0.547. The van der Waals surface area contributed by atoms with Crippen LogP contribution in [0.25, 0.3) is 0 Å². The first kappa shape index (κ1) is 14.4. The molecule has 0 saturated carbocycles. The molecule has 3 N–H and O–H groups in total. The summed E-state index contributed by atoms with van der Waals surface area (Å²) in [7, 11) is 0. The third kappa shape index (κ3) is 3.75. The molecule has 4 heteroatoms. The van der Waals surface area contributed by atoms with E-state index in [1.54, 1.807) is 12.1 Å². The topological polar surface area (TPSA) is 38.0 Å². The summed E-state index contributed by atoms with van der Waals surface area (Å²) < 4.78 is 14.5. The quantitative estimate of drug-likeness (QED) is 0.491. The average Bonchev–Trinajstić information content (AvgIpc) is 2.39. The molecule has 0 bridgehead atoms. The molecule has 2 rings (SSSR count). The van der Waals surface area contributed by atoms with Crippen LogP contribution in [-0.4, -0.2) is 0 Å². The molecule has 0 aliphatic rings. The van der Waals surface area contributed by atoms with Crippen molar-refractivity contribution in [3.63, 3.8) is 0 Å². The lowest BCUT2D eigenvalue weighted by atomic mass is 9.96. The van der Waals surface area contributed by atoms with Gasteiger partial charge in [-0.1, -0.05) is 18.2 Å². The Morgan fingerprint density at radius 2 is 2.05 bits per heavy atom. The second kappa shape index (κ2) is 6.45. The first-order chi connectivity index (χ1) is 9.10. The van der Waals surface area contributed by atoms with E-state index >= 15 is 0 Å². The van der Waals surface area contributed by atoms with Crippen LogP contribution in [0.4, 0.5) is 4.39 Å². The molecule has 0 aliphatic carbocycles. The molecule has 2 aromatic carbocycles. The fourth-order valence-corrected chi connectivity index (χ4v) is 2.64. The Hall–Kier alpha value is -0.980. The van der Waals surface area contributed by atoms with Crippen molar-refractivity contribution in [2.45, 2.75) is 19.4 Å². The lowest BCUT2D eigenvalue weighted by Gasteiger charge is -2.18. The number of halogens is 2. The van der Waals surface area contributed by atoms with E-state index in [-0.39, 0.29) is 11.9 Å². The summed E-state index contributed by atoms with van der Waals surface area (Å²) in [6.45, 7) is 1.98. The first-order valence-electron chi connectivity index (χ1n) is 6.07. The van der Waals surface area contributed by atoms with Gasteiger partial charge < -0.3 is 0 Å². The maximum Gasteiger partial charge on any atom is 0.123 e. The van der Waals surface area contributed by atoms with Gasteiger partial charge in [-0.3, -0.25) is 11.3 Å². The number of hydrogen-bond acceptors (Lipinski definition) is 2. The van der Waals surface area contributed by atoms with Crippen molar-refractivity contribution in [3.05, 3.63) is 68.5 Å². The van der Waals surface area contributed by atoms with Gasteiger partial charge in [0.05, 0.1) is 6.04 Å². The zero-order valence-electron chi connectivity index (χ0n) is 10.7. The second-order valence-electron chi connectivity index (χ2n) is 4.55. The number of nitrogens with two attached hydrogens (primary N) is 1. The van der Waals surface area contributed by atoms with Gasteiger partial charge in [-0.25, -0.2) is 4.39 Å². The van der Waals surface area contributed by atoms with Crippen LogP contribution < -0.4 is 11.3 Å². The molecule has 0 spiro atoms. The van der Waals surface area contributed by atoms with Gasteiger partial charge in [-0.05, 0) is 76.9 Å². The lowest BCUT2D eigenvalue weighted by Crippen LogP contribution is -2.29. The maximum absolute atomic E-state index is 13.3. The fourth-order valence-electron chi connectivity index (χ4n) is 2.08. The number of hydrogen-bond donors (Lipinski definition) is 2. The zero-order chi connectivity index (χ0) is 13.8. The first-order valence-corrected chi connectivity index (χ1v) is 7.14. The molecule has 100 valence electrons. The molecular formula is C15H16FIN2. The summed E-state index contributed by atoms with van der Waals surface area (Å²) in [6, 6.07) is 13.0. The van der Waals surface area contributed by atoms with Gasteiger partial charge in [0.25, 0.3) is 0 Å². The van der Waals surface area contributed by atoms with Crippen molar-refractivity contribution in [1.29, 1.82) is 0 Å². The van der Waals surface area contributed by atoms with Crippen molar-refractivity contribution >= 4 is 22.6 Å². The van der Waals surface area contributed by atoms with E-state index in [0.29, 0.717) is 6.42 Å². The minimum atomic E-state index is -0.209. The summed E-state index contributed by atoms with van der Waals surface area (Å²) in [5.74, 6) is 5.44. The van der Waals surface area contributed by atoms with Crippen LogP contribution in [0.3, 0.4) is 0 Å². The third-order valence-corrected chi connectivity index (χ3v) is 3.86. The molecule has 1 unspecified atom stereocenters. The van der Waals surface area contributed by atoms with Crippen LogP contribution >= 0.6 is 22.6 Å². The largest absolute Gasteiger partial charge is 0.271 e. The molecule has 0 aromatic heterocycles. The molecule has 0 heterocycles. The molecule has 0 saturated heterocycles. The fraction of sp³-hybridized carbons (Fsp3) is 0.200. The Bertz CT molecular complexity index is 572. The van der Waals surface area contributed by atoms with Crippen LogP contribution in [0, 0.1) is 16.3 Å². The number of benzene rings is 2. The van der Waals surface area contributed by atoms with E-state index in [2.05, 4.69) is 34.1 Å². The monoisotopic (exact) mass is 370 g/mol.